The summed E-state index contributed by atoms with van der Waals surface area (Å²) in [5.74, 6) is 0.0133. The summed E-state index contributed by atoms with van der Waals surface area (Å²) >= 11 is 0. The van der Waals surface area contributed by atoms with Crippen molar-refractivity contribution in [3.63, 3.8) is 0 Å². The largest absolute Gasteiger partial charge is 0.417 e. The minimum atomic E-state index is -4.65. The molecule has 2 N–H and O–H groups in total. The molecule has 0 unspecified atom stereocenters. The van der Waals surface area contributed by atoms with Gasteiger partial charge in [-0.3, -0.25) is 4.79 Å². The fraction of sp³-hybridized carbons (Fsp3) is 0.167. The third-order valence-electron chi connectivity index (χ3n) is 4.05. The first-order valence-corrected chi connectivity index (χ1v) is 7.81. The second-order valence-corrected chi connectivity index (χ2v) is 5.78. The standard InChI is InChI=1S/C18H14F3N5O/c1-23-16(27)10-4-3-5-12(6-10)24-17-25-14-8-13(18(19,20)21)11(9-22)7-15(14)26(17)2/h3-8H,1-2H3,(H,23,27)(H,24,25). The van der Waals surface area contributed by atoms with Gasteiger partial charge < -0.3 is 15.2 Å². The van der Waals surface area contributed by atoms with E-state index in [2.05, 4.69) is 15.6 Å². The van der Waals surface area contributed by atoms with Crippen LogP contribution in [0.25, 0.3) is 11.0 Å². The molecule has 0 fully saturated rings. The number of anilines is 2. The number of hydrogen-bond acceptors (Lipinski definition) is 4. The number of amides is 1. The maximum Gasteiger partial charge on any atom is 0.417 e. The molecule has 9 heteroatoms. The van der Waals surface area contributed by atoms with E-state index in [0.29, 0.717) is 16.8 Å². The lowest BCUT2D eigenvalue weighted by Gasteiger charge is -2.09. The van der Waals surface area contributed by atoms with Crippen LogP contribution in [-0.4, -0.2) is 22.5 Å². The van der Waals surface area contributed by atoms with Crippen molar-refractivity contribution in [1.29, 1.82) is 5.26 Å². The molecule has 6 nitrogen and oxygen atoms in total. The van der Waals surface area contributed by atoms with Crippen LogP contribution in [0, 0.1) is 11.3 Å². The average molecular weight is 373 g/mol. The Hall–Kier alpha value is -3.54. The van der Waals surface area contributed by atoms with Gasteiger partial charge in [-0.1, -0.05) is 6.07 Å². The van der Waals surface area contributed by atoms with Crippen LogP contribution in [0.3, 0.4) is 0 Å². The number of aromatic nitrogens is 2. The number of halogens is 3. The van der Waals surface area contributed by atoms with E-state index in [0.717, 1.165) is 12.1 Å². The number of benzene rings is 2. The highest BCUT2D eigenvalue weighted by Gasteiger charge is 2.34. The first kappa shape index (κ1) is 18.3. The zero-order chi connectivity index (χ0) is 19.8. The van der Waals surface area contributed by atoms with Crippen LogP contribution in [0.2, 0.25) is 0 Å². The number of carbonyl (C=O) groups is 1. The van der Waals surface area contributed by atoms with E-state index < -0.39 is 17.3 Å². The maximum atomic E-state index is 13.1. The molecule has 138 valence electrons. The van der Waals surface area contributed by atoms with Crippen molar-refractivity contribution in [2.24, 2.45) is 7.05 Å². The molecule has 27 heavy (non-hydrogen) atoms. The normalized spacial score (nSPS) is 11.3. The zero-order valence-corrected chi connectivity index (χ0v) is 14.3. The topological polar surface area (TPSA) is 82.7 Å². The second kappa shape index (κ2) is 6.64. The van der Waals surface area contributed by atoms with Crippen LogP contribution in [0.15, 0.2) is 36.4 Å². The molecule has 0 saturated heterocycles. The Morgan fingerprint density at radius 2 is 2.00 bits per heavy atom. The average Bonchev–Trinajstić information content (AvgIpc) is 2.94. The van der Waals surface area contributed by atoms with Gasteiger partial charge in [-0.2, -0.15) is 18.4 Å². The molecule has 1 amide bonds. The Kier molecular flexibility index (Phi) is 4.49. The Balaban J connectivity index is 2.05. The molecule has 0 saturated carbocycles. The van der Waals surface area contributed by atoms with Crippen molar-refractivity contribution in [2.75, 3.05) is 12.4 Å². The van der Waals surface area contributed by atoms with Gasteiger partial charge in [-0.25, -0.2) is 4.98 Å². The fourth-order valence-corrected chi connectivity index (χ4v) is 2.69. The van der Waals surface area contributed by atoms with Gasteiger partial charge in [-0.15, -0.1) is 0 Å². The Labute approximate surface area is 152 Å². The van der Waals surface area contributed by atoms with Crippen molar-refractivity contribution >= 4 is 28.6 Å². The Morgan fingerprint density at radius 1 is 1.26 bits per heavy atom. The van der Waals surface area contributed by atoms with E-state index in [1.165, 1.54) is 7.05 Å². The molecule has 0 aliphatic carbocycles. The molecule has 3 rings (SSSR count). The molecular formula is C18H14F3N5O. The van der Waals surface area contributed by atoms with Gasteiger partial charge >= 0.3 is 6.18 Å². The summed E-state index contributed by atoms with van der Waals surface area (Å²) < 4.78 is 40.9. The number of fused-ring (bicyclic) bond motifs is 1. The van der Waals surface area contributed by atoms with Crippen molar-refractivity contribution in [3.05, 3.63) is 53.1 Å². The molecule has 1 aromatic heterocycles. The lowest BCUT2D eigenvalue weighted by atomic mass is 10.1. The van der Waals surface area contributed by atoms with Crippen LogP contribution >= 0.6 is 0 Å². The molecular weight excluding hydrogens is 359 g/mol. The number of carbonyl (C=O) groups excluding carboxylic acids is 1. The van der Waals surface area contributed by atoms with E-state index in [9.17, 15) is 18.0 Å². The highest BCUT2D eigenvalue weighted by atomic mass is 19.4. The summed E-state index contributed by atoms with van der Waals surface area (Å²) in [5, 5.41) is 14.5. The van der Waals surface area contributed by atoms with Gasteiger partial charge in [0.25, 0.3) is 5.91 Å². The quantitative estimate of drug-likeness (QED) is 0.735. The third-order valence-corrected chi connectivity index (χ3v) is 4.05. The number of nitrogens with one attached hydrogen (secondary N) is 2. The third kappa shape index (κ3) is 3.42. The summed E-state index contributed by atoms with van der Waals surface area (Å²) in [5.41, 5.74) is -0.0355. The molecule has 0 spiro atoms. The van der Waals surface area contributed by atoms with Crippen LogP contribution in [-0.2, 0) is 13.2 Å². The van der Waals surface area contributed by atoms with Crippen LogP contribution in [0.1, 0.15) is 21.5 Å². The Bertz CT molecular complexity index is 1080. The van der Waals surface area contributed by atoms with Gasteiger partial charge in [0.15, 0.2) is 0 Å². The molecule has 0 atom stereocenters. The van der Waals surface area contributed by atoms with Gasteiger partial charge in [0, 0.05) is 25.3 Å². The summed E-state index contributed by atoms with van der Waals surface area (Å²) in [6.07, 6.45) is -4.65. The molecule has 3 aromatic rings. The van der Waals surface area contributed by atoms with E-state index in [-0.39, 0.29) is 17.4 Å². The van der Waals surface area contributed by atoms with Crippen molar-refractivity contribution in [1.82, 2.24) is 14.9 Å². The van der Waals surface area contributed by atoms with E-state index in [1.54, 1.807) is 41.9 Å². The van der Waals surface area contributed by atoms with Crippen LogP contribution in [0.5, 0.6) is 0 Å². The highest BCUT2D eigenvalue weighted by molar-refractivity contribution is 5.95. The van der Waals surface area contributed by atoms with Gasteiger partial charge in [0.1, 0.15) is 0 Å². The fourth-order valence-electron chi connectivity index (χ4n) is 2.69. The summed E-state index contributed by atoms with van der Waals surface area (Å²) in [7, 11) is 3.13. The summed E-state index contributed by atoms with van der Waals surface area (Å²) in [4.78, 5) is 15.9. The van der Waals surface area contributed by atoms with Crippen molar-refractivity contribution in [3.8, 4) is 6.07 Å². The van der Waals surface area contributed by atoms with E-state index >= 15 is 0 Å². The van der Waals surface area contributed by atoms with Crippen molar-refractivity contribution in [2.45, 2.75) is 6.18 Å². The van der Waals surface area contributed by atoms with Crippen molar-refractivity contribution < 1.29 is 18.0 Å². The first-order valence-electron chi connectivity index (χ1n) is 7.81. The number of alkyl halides is 3. The SMILES string of the molecule is CNC(=O)c1cccc(Nc2nc3cc(C(F)(F)F)c(C#N)cc3n2C)c1. The number of nitrogens with zero attached hydrogens (tertiary/aromatic N) is 3. The number of aryl methyl sites for hydroxylation is 1. The predicted molar refractivity (Wildman–Crippen MR) is 93.5 cm³/mol. The van der Waals surface area contributed by atoms with E-state index in [1.807, 2.05) is 0 Å². The lowest BCUT2D eigenvalue weighted by molar-refractivity contribution is -0.137. The molecule has 2 aromatic carbocycles. The van der Waals surface area contributed by atoms with E-state index in [4.69, 9.17) is 5.26 Å². The smallest absolute Gasteiger partial charge is 0.355 e. The molecule has 0 aliphatic rings. The molecule has 0 radical (unpaired) electrons. The minimum Gasteiger partial charge on any atom is -0.355 e. The summed E-state index contributed by atoms with van der Waals surface area (Å²) in [6.45, 7) is 0. The minimum absolute atomic E-state index is 0.105. The maximum absolute atomic E-state index is 13.1. The lowest BCUT2D eigenvalue weighted by Crippen LogP contribution is -2.17. The predicted octanol–water partition coefficient (Wildman–Crippen LogP) is 3.57. The Morgan fingerprint density at radius 3 is 2.63 bits per heavy atom. The highest BCUT2D eigenvalue weighted by Crippen LogP contribution is 2.35. The number of nitriles is 1. The van der Waals surface area contributed by atoms with Crippen LogP contribution in [0.4, 0.5) is 24.8 Å². The van der Waals surface area contributed by atoms with Crippen LogP contribution < -0.4 is 10.6 Å². The number of rotatable bonds is 3. The van der Waals surface area contributed by atoms with Gasteiger partial charge in [-0.05, 0) is 30.3 Å². The zero-order valence-electron chi connectivity index (χ0n) is 14.3. The summed E-state index contributed by atoms with van der Waals surface area (Å²) in [6, 6.07) is 10.2. The number of hydrogen-bond donors (Lipinski definition) is 2. The molecule has 0 aliphatic heterocycles. The number of imidazole rings is 1. The first-order chi connectivity index (χ1) is 12.7. The molecule has 0 bridgehead atoms. The van der Waals surface area contributed by atoms with Gasteiger partial charge in [0.05, 0.1) is 28.2 Å². The second-order valence-electron chi connectivity index (χ2n) is 5.78. The molecule has 1 heterocycles. The van der Waals surface area contributed by atoms with Gasteiger partial charge in [0.2, 0.25) is 5.95 Å². The monoisotopic (exact) mass is 373 g/mol.